The van der Waals surface area contributed by atoms with Crippen LogP contribution in [0.4, 0.5) is 5.82 Å². The molecule has 14 heteroatoms. The van der Waals surface area contributed by atoms with E-state index < -0.39 is 40.5 Å². The lowest BCUT2D eigenvalue weighted by Gasteiger charge is -2.17. The Hall–Kier alpha value is -3.17. The number of carbonyl (C=O) groups is 1. The molecule has 13 nitrogen and oxygen atoms in total. The second-order valence-corrected chi connectivity index (χ2v) is 10.2. The number of aliphatic hydroxyl groups excluding tert-OH is 2. The van der Waals surface area contributed by atoms with Crippen molar-refractivity contribution in [2.45, 2.75) is 56.8 Å². The van der Waals surface area contributed by atoms with E-state index in [2.05, 4.69) is 30.3 Å². The van der Waals surface area contributed by atoms with Crippen LogP contribution in [-0.4, -0.2) is 76.0 Å². The summed E-state index contributed by atoms with van der Waals surface area (Å²) < 4.78 is 35.2. The molecule has 1 saturated heterocycles. The molecule has 0 aliphatic carbocycles. The van der Waals surface area contributed by atoms with Crippen LogP contribution >= 0.6 is 0 Å². The number of rotatable bonds is 8. The number of benzene rings is 1. The smallest absolute Gasteiger partial charge is 0.252 e. The number of hydrogen-bond acceptors (Lipinski definition) is 10. The minimum Gasteiger partial charge on any atom is -0.387 e. The van der Waals surface area contributed by atoms with Gasteiger partial charge in [-0.15, -0.1) is 0 Å². The highest BCUT2D eigenvalue weighted by Gasteiger charge is 2.47. The average molecular weight is 520 g/mol. The number of likely N-dealkylation sites (N-methyl/N-ethyl adjacent to an activating group) is 1. The van der Waals surface area contributed by atoms with Gasteiger partial charge >= 0.3 is 0 Å². The van der Waals surface area contributed by atoms with Crippen molar-refractivity contribution in [3.05, 3.63) is 41.5 Å². The number of ether oxygens (including phenoxy) is 1. The third kappa shape index (κ3) is 4.77. The highest BCUT2D eigenvalue weighted by molar-refractivity contribution is 7.89. The predicted molar refractivity (Wildman–Crippen MR) is 129 cm³/mol. The van der Waals surface area contributed by atoms with Gasteiger partial charge in [0.1, 0.15) is 18.0 Å². The number of hydrogen-bond donors (Lipinski definition) is 5. The number of carbonyl (C=O) groups excluding carboxylic acids is 1. The van der Waals surface area contributed by atoms with Gasteiger partial charge in [-0.2, -0.15) is 0 Å². The second-order valence-electron chi connectivity index (χ2n) is 8.46. The molecule has 0 unspecified atom stereocenters. The zero-order chi connectivity index (χ0) is 26.2. The molecular formula is C22H29N7O6S. The highest BCUT2D eigenvalue weighted by atomic mass is 32.2. The second kappa shape index (κ2) is 10.1. The van der Waals surface area contributed by atoms with Crippen molar-refractivity contribution in [2.24, 2.45) is 0 Å². The summed E-state index contributed by atoms with van der Waals surface area (Å²) in [7, 11) is -2.21. The molecule has 0 saturated carbocycles. The number of imidazole rings is 1. The minimum absolute atomic E-state index is 0.124. The molecule has 1 aromatic carbocycles. The number of fused-ring (bicyclic) bond motifs is 1. The number of anilines is 1. The van der Waals surface area contributed by atoms with E-state index in [4.69, 9.17) is 4.74 Å². The maximum atomic E-state index is 12.8. The highest BCUT2D eigenvalue weighted by Crippen LogP contribution is 2.32. The fraction of sp³-hybridized carbons (Fsp3) is 0.455. The van der Waals surface area contributed by atoms with Gasteiger partial charge < -0.3 is 25.6 Å². The number of nitrogens with zero attached hydrogens (tertiary/aromatic N) is 4. The number of nitrogens with one attached hydrogen (secondary N) is 3. The van der Waals surface area contributed by atoms with Crippen molar-refractivity contribution in [3.8, 4) is 0 Å². The molecule has 1 fully saturated rings. The van der Waals surface area contributed by atoms with Crippen LogP contribution in [0, 0.1) is 13.8 Å². The Morgan fingerprint density at radius 2 is 1.92 bits per heavy atom. The molecule has 194 valence electrons. The van der Waals surface area contributed by atoms with E-state index in [1.165, 1.54) is 17.0 Å². The van der Waals surface area contributed by atoms with Crippen molar-refractivity contribution >= 4 is 32.9 Å². The lowest BCUT2D eigenvalue weighted by atomic mass is 10.1. The van der Waals surface area contributed by atoms with Crippen LogP contribution in [0.15, 0.2) is 29.4 Å². The molecular weight excluding hydrogens is 490 g/mol. The van der Waals surface area contributed by atoms with E-state index in [-0.39, 0.29) is 22.9 Å². The van der Waals surface area contributed by atoms with Crippen LogP contribution in [0.2, 0.25) is 0 Å². The van der Waals surface area contributed by atoms with Gasteiger partial charge in [0.2, 0.25) is 10.0 Å². The molecule has 0 radical (unpaired) electrons. The van der Waals surface area contributed by atoms with E-state index in [0.29, 0.717) is 17.9 Å². The summed E-state index contributed by atoms with van der Waals surface area (Å²) in [5, 5.41) is 26.4. The Labute approximate surface area is 208 Å². The van der Waals surface area contributed by atoms with Crippen molar-refractivity contribution < 1.29 is 28.2 Å². The maximum absolute atomic E-state index is 12.8. The first kappa shape index (κ1) is 25.9. The predicted octanol–water partition coefficient (Wildman–Crippen LogP) is -0.281. The van der Waals surface area contributed by atoms with Gasteiger partial charge in [-0.3, -0.25) is 9.36 Å². The molecule has 3 aromatic rings. The SMILES string of the molecule is CCNC(=O)[C@H]1O[C@@H](n2cnc3c(NC)nc(CNS(=O)(=O)c4ccc(C)c(C)c4)nc32)[C@H](O)[C@@H]1O. The quantitative estimate of drug-likeness (QED) is 0.265. The summed E-state index contributed by atoms with van der Waals surface area (Å²) >= 11 is 0. The summed E-state index contributed by atoms with van der Waals surface area (Å²) in [4.78, 5) is 25.4. The first-order chi connectivity index (χ1) is 17.1. The van der Waals surface area contributed by atoms with Crippen LogP contribution < -0.4 is 15.4 Å². The maximum Gasteiger partial charge on any atom is 0.252 e. The lowest BCUT2D eigenvalue weighted by Crippen LogP contribution is -2.42. The summed E-state index contributed by atoms with van der Waals surface area (Å²) in [6, 6.07) is 4.85. The Kier molecular flexibility index (Phi) is 7.24. The van der Waals surface area contributed by atoms with Crippen LogP contribution in [0.5, 0.6) is 0 Å². The zero-order valence-corrected chi connectivity index (χ0v) is 21.1. The van der Waals surface area contributed by atoms with Gasteiger partial charge in [-0.1, -0.05) is 6.07 Å². The number of amides is 1. The van der Waals surface area contributed by atoms with Gasteiger partial charge in [-0.05, 0) is 44.0 Å². The third-order valence-corrected chi connectivity index (χ3v) is 7.43. The van der Waals surface area contributed by atoms with Crippen LogP contribution in [0.25, 0.3) is 11.2 Å². The van der Waals surface area contributed by atoms with Crippen molar-refractivity contribution in [1.29, 1.82) is 0 Å². The van der Waals surface area contributed by atoms with E-state index in [1.54, 1.807) is 26.1 Å². The average Bonchev–Trinajstić information content (AvgIpc) is 3.40. The summed E-state index contributed by atoms with van der Waals surface area (Å²) in [5.74, 6) is -0.0929. The first-order valence-electron chi connectivity index (χ1n) is 11.3. The van der Waals surface area contributed by atoms with Crippen LogP contribution in [-0.2, 0) is 26.1 Å². The molecule has 1 amide bonds. The molecule has 1 aliphatic rings. The first-order valence-corrected chi connectivity index (χ1v) is 12.8. The van der Waals surface area contributed by atoms with Gasteiger partial charge in [-0.25, -0.2) is 28.1 Å². The standard InChI is InChI=1S/C22H29N7O6S/c1-5-24-21(32)18-16(30)17(31)22(35-18)29-10-25-15-19(23-4)27-14(28-20(15)29)9-26-36(33,34)13-7-6-11(2)12(3)8-13/h6-8,10,16-18,22,26,30-31H,5,9H2,1-4H3,(H,24,32)(H,23,27,28)/t16-,17+,18-,22+/m0/s1. The van der Waals surface area contributed by atoms with E-state index in [9.17, 15) is 23.4 Å². The number of sulfonamides is 1. The third-order valence-electron chi connectivity index (χ3n) is 6.04. The number of aromatic nitrogens is 4. The molecule has 2 aromatic heterocycles. The van der Waals surface area contributed by atoms with Crippen molar-refractivity contribution in [3.63, 3.8) is 0 Å². The molecule has 4 atom stereocenters. The molecule has 4 rings (SSSR count). The molecule has 36 heavy (non-hydrogen) atoms. The lowest BCUT2D eigenvalue weighted by molar-refractivity contribution is -0.137. The van der Waals surface area contributed by atoms with E-state index in [0.717, 1.165) is 11.1 Å². The normalized spacial score (nSPS) is 22.2. The molecule has 5 N–H and O–H groups in total. The van der Waals surface area contributed by atoms with Gasteiger partial charge in [0.05, 0.1) is 17.8 Å². The largest absolute Gasteiger partial charge is 0.387 e. The van der Waals surface area contributed by atoms with E-state index >= 15 is 0 Å². The topological polar surface area (TPSA) is 181 Å². The summed E-state index contributed by atoms with van der Waals surface area (Å²) in [6.07, 6.45) is -3.98. The van der Waals surface area contributed by atoms with Crippen molar-refractivity contribution in [2.75, 3.05) is 18.9 Å². The number of aryl methyl sites for hydroxylation is 2. The Morgan fingerprint density at radius 1 is 1.17 bits per heavy atom. The minimum atomic E-state index is -3.84. The van der Waals surface area contributed by atoms with Crippen LogP contribution in [0.3, 0.4) is 0 Å². The fourth-order valence-electron chi connectivity index (χ4n) is 3.91. The van der Waals surface area contributed by atoms with Crippen molar-refractivity contribution in [1.82, 2.24) is 29.6 Å². The molecule has 0 bridgehead atoms. The Balaban J connectivity index is 1.64. The van der Waals surface area contributed by atoms with Gasteiger partial charge in [0.25, 0.3) is 5.91 Å². The van der Waals surface area contributed by atoms with Gasteiger partial charge in [0, 0.05) is 13.6 Å². The molecule has 1 aliphatic heterocycles. The summed E-state index contributed by atoms with van der Waals surface area (Å²) in [5.41, 5.74) is 2.39. The zero-order valence-electron chi connectivity index (χ0n) is 20.3. The summed E-state index contributed by atoms with van der Waals surface area (Å²) in [6.45, 7) is 5.57. The Bertz CT molecular complexity index is 1390. The van der Waals surface area contributed by atoms with Gasteiger partial charge in [0.15, 0.2) is 29.3 Å². The fourth-order valence-corrected chi connectivity index (χ4v) is 4.97. The molecule has 0 spiro atoms. The van der Waals surface area contributed by atoms with Crippen LogP contribution in [0.1, 0.15) is 30.1 Å². The molecule has 3 heterocycles. The Morgan fingerprint density at radius 3 is 2.58 bits per heavy atom. The van der Waals surface area contributed by atoms with E-state index in [1.807, 2.05) is 13.8 Å². The number of aliphatic hydroxyl groups is 2. The monoisotopic (exact) mass is 519 g/mol.